The number of allylic oxidation sites excluding steroid dienone is 2. The zero-order chi connectivity index (χ0) is 16.2. The molecule has 0 amide bonds. The van der Waals surface area contributed by atoms with E-state index in [1.165, 1.54) is 0 Å². The van der Waals surface area contributed by atoms with Crippen molar-refractivity contribution in [2.45, 2.75) is 39.0 Å². The van der Waals surface area contributed by atoms with Crippen LogP contribution in [-0.2, 0) is 4.79 Å². The summed E-state index contributed by atoms with van der Waals surface area (Å²) in [6.07, 6.45) is 7.10. The second-order valence-corrected chi connectivity index (χ2v) is 5.89. The van der Waals surface area contributed by atoms with Crippen molar-refractivity contribution in [1.29, 1.82) is 0 Å². The maximum atomic E-state index is 12.6. The molecule has 0 radical (unpaired) electrons. The number of carbonyl (C=O) groups is 2. The molecule has 0 saturated carbocycles. The highest BCUT2D eigenvalue weighted by atomic mass is 16.1. The van der Waals surface area contributed by atoms with E-state index in [9.17, 15) is 9.59 Å². The summed E-state index contributed by atoms with van der Waals surface area (Å²) >= 11 is 0. The van der Waals surface area contributed by atoms with Crippen LogP contribution in [-0.4, -0.2) is 21.3 Å². The fourth-order valence-corrected chi connectivity index (χ4v) is 2.93. The Kier molecular flexibility index (Phi) is 4.51. The van der Waals surface area contributed by atoms with Crippen LogP contribution in [0.25, 0.3) is 5.69 Å². The Morgan fingerprint density at radius 2 is 2.00 bits per heavy atom. The topological polar surface area (TPSA) is 52.0 Å². The predicted molar refractivity (Wildman–Crippen MR) is 88.8 cm³/mol. The zero-order valence-corrected chi connectivity index (χ0v) is 13.3. The molecule has 0 unspecified atom stereocenters. The highest BCUT2D eigenvalue weighted by Gasteiger charge is 2.20. The molecule has 118 valence electrons. The Bertz CT molecular complexity index is 757. The summed E-state index contributed by atoms with van der Waals surface area (Å²) in [4.78, 5) is 24.6. The van der Waals surface area contributed by atoms with E-state index in [0.717, 1.165) is 30.6 Å². The molecule has 3 rings (SSSR count). The largest absolute Gasteiger partial charge is 0.295 e. The Balaban J connectivity index is 1.82. The van der Waals surface area contributed by atoms with E-state index >= 15 is 0 Å². The van der Waals surface area contributed by atoms with Crippen LogP contribution in [0, 0.1) is 6.92 Å². The molecule has 4 heteroatoms. The van der Waals surface area contributed by atoms with Gasteiger partial charge >= 0.3 is 0 Å². The van der Waals surface area contributed by atoms with Gasteiger partial charge in [0, 0.05) is 12.8 Å². The van der Waals surface area contributed by atoms with Crippen LogP contribution in [0.4, 0.5) is 0 Å². The fourth-order valence-electron chi connectivity index (χ4n) is 2.93. The number of ketones is 2. The first-order chi connectivity index (χ1) is 11.2. The molecule has 23 heavy (non-hydrogen) atoms. The van der Waals surface area contributed by atoms with Crippen LogP contribution in [0.3, 0.4) is 0 Å². The summed E-state index contributed by atoms with van der Waals surface area (Å²) < 4.78 is 1.76. The lowest BCUT2D eigenvalue weighted by Crippen LogP contribution is -2.09. The minimum absolute atomic E-state index is 0.0359. The quantitative estimate of drug-likeness (QED) is 0.807. The highest BCUT2D eigenvalue weighted by Crippen LogP contribution is 2.21. The maximum Gasteiger partial charge on any atom is 0.170 e. The Hall–Kier alpha value is -2.49. The summed E-state index contributed by atoms with van der Waals surface area (Å²) in [6.45, 7) is 1.89. The van der Waals surface area contributed by atoms with Crippen LogP contribution in [0.1, 0.15) is 48.2 Å². The minimum Gasteiger partial charge on any atom is -0.295 e. The lowest BCUT2D eigenvalue weighted by atomic mass is 9.99. The monoisotopic (exact) mass is 308 g/mol. The van der Waals surface area contributed by atoms with Crippen LogP contribution < -0.4 is 0 Å². The number of nitrogens with zero attached hydrogens (tertiary/aromatic N) is 2. The van der Waals surface area contributed by atoms with E-state index in [4.69, 9.17) is 0 Å². The van der Waals surface area contributed by atoms with Crippen molar-refractivity contribution >= 4 is 11.6 Å². The first-order valence-corrected chi connectivity index (χ1v) is 8.02. The number of para-hydroxylation sites is 1. The van der Waals surface area contributed by atoms with E-state index in [1.807, 2.05) is 43.3 Å². The third kappa shape index (κ3) is 3.31. The van der Waals surface area contributed by atoms with Gasteiger partial charge in [-0.1, -0.05) is 24.3 Å². The molecule has 2 aromatic rings. The standard InChI is InChI=1S/C19H20N2O2/c1-14-17(13-20-21(14)16-9-5-3-6-10-16)19(23)12-15-8-4-2-7-11-18(15)22/h3,5-6,8-10,13H,2,4,7,11-12H2,1H3. The highest BCUT2D eigenvalue weighted by molar-refractivity contribution is 6.06. The van der Waals surface area contributed by atoms with Crippen molar-refractivity contribution < 1.29 is 9.59 Å². The maximum absolute atomic E-state index is 12.6. The van der Waals surface area contributed by atoms with Crippen LogP contribution in [0.15, 0.2) is 48.2 Å². The summed E-state index contributed by atoms with van der Waals surface area (Å²) in [7, 11) is 0. The molecule has 0 bridgehead atoms. The van der Waals surface area contributed by atoms with Crippen LogP contribution in [0.5, 0.6) is 0 Å². The average molecular weight is 308 g/mol. The number of carbonyl (C=O) groups excluding carboxylic acids is 2. The molecule has 1 aromatic carbocycles. The molecule has 1 aromatic heterocycles. The molecule has 4 nitrogen and oxygen atoms in total. The SMILES string of the molecule is Cc1c(C(=O)CC2=CCCCCC2=O)cnn1-c1ccccc1. The second kappa shape index (κ2) is 6.73. The number of aromatic nitrogens is 2. The number of hydrogen-bond acceptors (Lipinski definition) is 3. The fraction of sp³-hybridized carbons (Fsp3) is 0.316. The first kappa shape index (κ1) is 15.4. The molecule has 0 aliphatic heterocycles. The molecule has 0 saturated heterocycles. The molecule has 0 spiro atoms. The van der Waals surface area contributed by atoms with Gasteiger partial charge in [0.05, 0.1) is 23.1 Å². The van der Waals surface area contributed by atoms with Gasteiger partial charge in [0.2, 0.25) is 0 Å². The lowest BCUT2D eigenvalue weighted by Gasteiger charge is -2.06. The Labute approximate surface area is 135 Å². The third-order valence-corrected chi connectivity index (χ3v) is 4.27. The van der Waals surface area contributed by atoms with Gasteiger partial charge in [-0.15, -0.1) is 0 Å². The van der Waals surface area contributed by atoms with Crippen molar-refractivity contribution in [3.05, 3.63) is 59.4 Å². The summed E-state index contributed by atoms with van der Waals surface area (Å²) in [5.41, 5.74) is 2.99. The summed E-state index contributed by atoms with van der Waals surface area (Å²) in [5.74, 6) is 0.0788. The van der Waals surface area contributed by atoms with E-state index in [2.05, 4.69) is 5.10 Å². The van der Waals surface area contributed by atoms with Gasteiger partial charge in [-0.3, -0.25) is 9.59 Å². The van der Waals surface area contributed by atoms with Gasteiger partial charge in [0.25, 0.3) is 0 Å². The van der Waals surface area contributed by atoms with Crippen LogP contribution in [0.2, 0.25) is 0 Å². The smallest absolute Gasteiger partial charge is 0.170 e. The van der Waals surface area contributed by atoms with Gasteiger partial charge in [-0.2, -0.15) is 5.10 Å². The number of rotatable bonds is 4. The van der Waals surface area contributed by atoms with E-state index in [0.29, 0.717) is 17.6 Å². The average Bonchev–Trinajstić information content (AvgIpc) is 2.84. The van der Waals surface area contributed by atoms with E-state index in [-0.39, 0.29) is 18.0 Å². The lowest BCUT2D eigenvalue weighted by molar-refractivity contribution is -0.115. The van der Waals surface area contributed by atoms with Gasteiger partial charge in [-0.05, 0) is 43.9 Å². The number of benzene rings is 1. The Morgan fingerprint density at radius 3 is 2.78 bits per heavy atom. The molecule has 1 heterocycles. The number of hydrogen-bond donors (Lipinski definition) is 0. The molecular formula is C19H20N2O2. The van der Waals surface area contributed by atoms with E-state index in [1.54, 1.807) is 10.9 Å². The van der Waals surface area contributed by atoms with Crippen LogP contribution >= 0.6 is 0 Å². The zero-order valence-electron chi connectivity index (χ0n) is 13.3. The van der Waals surface area contributed by atoms with Gasteiger partial charge in [-0.25, -0.2) is 4.68 Å². The predicted octanol–water partition coefficient (Wildman–Crippen LogP) is 3.82. The van der Waals surface area contributed by atoms with Gasteiger partial charge in [0.1, 0.15) is 0 Å². The van der Waals surface area contributed by atoms with E-state index < -0.39 is 0 Å². The van der Waals surface area contributed by atoms with Crippen molar-refractivity contribution in [3.8, 4) is 5.69 Å². The van der Waals surface area contributed by atoms with Crippen molar-refractivity contribution in [2.75, 3.05) is 0 Å². The normalized spacial score (nSPS) is 15.2. The molecule has 0 atom stereocenters. The minimum atomic E-state index is -0.0359. The summed E-state index contributed by atoms with van der Waals surface area (Å²) in [6, 6.07) is 9.72. The van der Waals surface area contributed by atoms with Crippen molar-refractivity contribution in [2.24, 2.45) is 0 Å². The van der Waals surface area contributed by atoms with Gasteiger partial charge in [0.15, 0.2) is 11.6 Å². The third-order valence-electron chi connectivity index (χ3n) is 4.27. The van der Waals surface area contributed by atoms with Gasteiger partial charge < -0.3 is 0 Å². The summed E-state index contributed by atoms with van der Waals surface area (Å²) in [5, 5.41) is 4.33. The first-order valence-electron chi connectivity index (χ1n) is 8.02. The van der Waals surface area contributed by atoms with Crippen molar-refractivity contribution in [1.82, 2.24) is 9.78 Å². The second-order valence-electron chi connectivity index (χ2n) is 5.89. The molecule has 1 aliphatic rings. The van der Waals surface area contributed by atoms with Crippen molar-refractivity contribution in [3.63, 3.8) is 0 Å². The molecule has 0 fully saturated rings. The number of Topliss-reactive ketones (excluding diaryl/α,β-unsaturated/α-hetero) is 2. The Morgan fingerprint density at radius 1 is 1.22 bits per heavy atom. The molecule has 1 aliphatic carbocycles. The molecule has 0 N–H and O–H groups in total. The molecular weight excluding hydrogens is 288 g/mol.